The molecule has 2 N–H and O–H groups in total. The molecular formula is C20H23FN4O5. The van der Waals surface area contributed by atoms with Crippen LogP contribution >= 0.6 is 0 Å². The molecule has 3 fully saturated rings. The van der Waals surface area contributed by atoms with E-state index in [4.69, 9.17) is 4.74 Å². The number of methoxy groups -OCH3 is 1. The third-order valence-corrected chi connectivity index (χ3v) is 5.84. The largest absolute Gasteiger partial charge is 0.375 e. The number of nitrogens with one attached hydrogen (secondary N) is 2. The zero-order valence-electron chi connectivity index (χ0n) is 16.5. The molecule has 3 aliphatic rings. The Labute approximate surface area is 172 Å². The highest BCUT2D eigenvalue weighted by atomic mass is 19.1. The minimum absolute atomic E-state index is 0.109. The SMILES string of the molecule is COCC(=O)N[C@@H]1C[C@H]2C(=O)N[C@@H]3CCN(C(=O)c4cccc(F)c4)[C@@H]3C(=O)N2C1. The Morgan fingerprint density at radius 2 is 2.13 bits per heavy atom. The Morgan fingerprint density at radius 1 is 1.33 bits per heavy atom. The Morgan fingerprint density at radius 3 is 2.87 bits per heavy atom. The maximum Gasteiger partial charge on any atom is 0.254 e. The number of nitrogens with zero attached hydrogens (tertiary/aromatic N) is 2. The molecule has 9 nitrogen and oxygen atoms in total. The summed E-state index contributed by atoms with van der Waals surface area (Å²) in [6.07, 6.45) is 0.738. The fourth-order valence-electron chi connectivity index (χ4n) is 4.55. The van der Waals surface area contributed by atoms with Gasteiger partial charge in [-0.05, 0) is 31.0 Å². The first-order chi connectivity index (χ1) is 14.4. The fraction of sp³-hybridized carbons (Fsp3) is 0.500. The van der Waals surface area contributed by atoms with Gasteiger partial charge >= 0.3 is 0 Å². The molecule has 30 heavy (non-hydrogen) atoms. The Balaban J connectivity index is 1.55. The summed E-state index contributed by atoms with van der Waals surface area (Å²) >= 11 is 0. The highest BCUT2D eigenvalue weighted by molar-refractivity contribution is 6.00. The molecule has 3 aliphatic heterocycles. The third kappa shape index (κ3) is 3.62. The maximum absolute atomic E-state index is 13.6. The third-order valence-electron chi connectivity index (χ3n) is 5.84. The van der Waals surface area contributed by atoms with Crippen LogP contribution in [0.25, 0.3) is 0 Å². The topological polar surface area (TPSA) is 108 Å². The van der Waals surface area contributed by atoms with Gasteiger partial charge in [-0.3, -0.25) is 19.2 Å². The number of rotatable bonds is 4. The van der Waals surface area contributed by atoms with Crippen LogP contribution in [0.15, 0.2) is 24.3 Å². The van der Waals surface area contributed by atoms with Gasteiger partial charge < -0.3 is 25.2 Å². The highest BCUT2D eigenvalue weighted by Crippen LogP contribution is 2.30. The highest BCUT2D eigenvalue weighted by Gasteiger charge is 2.52. The molecule has 4 rings (SSSR count). The minimum Gasteiger partial charge on any atom is -0.375 e. The van der Waals surface area contributed by atoms with Crippen LogP contribution in [0.4, 0.5) is 4.39 Å². The number of hydrogen-bond acceptors (Lipinski definition) is 5. The Hall–Kier alpha value is -3.01. The quantitative estimate of drug-likeness (QED) is 0.671. The van der Waals surface area contributed by atoms with Crippen molar-refractivity contribution in [2.24, 2.45) is 0 Å². The maximum atomic E-state index is 13.6. The van der Waals surface area contributed by atoms with E-state index in [9.17, 15) is 23.6 Å². The first-order valence-corrected chi connectivity index (χ1v) is 9.84. The van der Waals surface area contributed by atoms with E-state index in [1.807, 2.05) is 0 Å². The molecular weight excluding hydrogens is 395 g/mol. The molecule has 10 heteroatoms. The van der Waals surface area contributed by atoms with Crippen molar-refractivity contribution in [3.63, 3.8) is 0 Å². The van der Waals surface area contributed by atoms with Crippen LogP contribution in [0.2, 0.25) is 0 Å². The van der Waals surface area contributed by atoms with Crippen molar-refractivity contribution in [3.05, 3.63) is 35.6 Å². The van der Waals surface area contributed by atoms with Crippen molar-refractivity contribution in [1.82, 2.24) is 20.4 Å². The van der Waals surface area contributed by atoms with Crippen LogP contribution in [0.5, 0.6) is 0 Å². The monoisotopic (exact) mass is 418 g/mol. The lowest BCUT2D eigenvalue weighted by atomic mass is 10.1. The van der Waals surface area contributed by atoms with Crippen molar-refractivity contribution in [2.45, 2.75) is 37.0 Å². The van der Waals surface area contributed by atoms with Crippen LogP contribution < -0.4 is 10.6 Å². The van der Waals surface area contributed by atoms with Gasteiger partial charge in [-0.15, -0.1) is 0 Å². The van der Waals surface area contributed by atoms with Gasteiger partial charge in [0.15, 0.2) is 0 Å². The van der Waals surface area contributed by atoms with E-state index in [0.717, 1.165) is 6.07 Å². The summed E-state index contributed by atoms with van der Waals surface area (Å²) in [5, 5.41) is 5.65. The lowest BCUT2D eigenvalue weighted by Crippen LogP contribution is -2.52. The van der Waals surface area contributed by atoms with E-state index < -0.39 is 29.8 Å². The van der Waals surface area contributed by atoms with E-state index in [2.05, 4.69) is 10.6 Å². The van der Waals surface area contributed by atoms with E-state index in [0.29, 0.717) is 12.8 Å². The number of hydrogen-bond donors (Lipinski definition) is 2. The number of likely N-dealkylation sites (tertiary alicyclic amines) is 1. The van der Waals surface area contributed by atoms with E-state index in [1.54, 1.807) is 0 Å². The standard InChI is InChI=1S/C20H23FN4O5/c1-30-10-16(26)22-13-8-15-18(27)23-14-5-6-24(17(14)20(29)25(15)9-13)19(28)11-3-2-4-12(21)7-11/h2-4,7,13-15,17H,5-6,8-10H2,1H3,(H,22,26)(H,23,27)/t13-,14-,15+,17+/m1/s1. The normalized spacial score (nSPS) is 27.9. The molecule has 1 aromatic rings. The number of amides is 4. The molecule has 160 valence electrons. The molecule has 4 atom stereocenters. The minimum atomic E-state index is -0.858. The summed E-state index contributed by atoms with van der Waals surface area (Å²) in [5.41, 5.74) is 0.154. The van der Waals surface area contributed by atoms with Crippen LogP contribution in [0, 0.1) is 5.82 Å². The predicted molar refractivity (Wildman–Crippen MR) is 102 cm³/mol. The van der Waals surface area contributed by atoms with Gasteiger partial charge in [0.05, 0.1) is 6.04 Å². The lowest BCUT2D eigenvalue weighted by molar-refractivity contribution is -0.138. The zero-order chi connectivity index (χ0) is 21.4. The molecule has 1 aromatic carbocycles. The number of carbonyl (C=O) groups is 4. The van der Waals surface area contributed by atoms with Crippen molar-refractivity contribution in [1.29, 1.82) is 0 Å². The second kappa shape index (κ2) is 8.02. The van der Waals surface area contributed by atoms with Crippen molar-refractivity contribution in [2.75, 3.05) is 26.8 Å². The first-order valence-electron chi connectivity index (χ1n) is 9.84. The molecule has 0 unspecified atom stereocenters. The van der Waals surface area contributed by atoms with Gasteiger partial charge in [-0.1, -0.05) is 6.07 Å². The Bertz CT molecular complexity index is 894. The first kappa shape index (κ1) is 20.3. The van der Waals surface area contributed by atoms with Gasteiger partial charge in [0, 0.05) is 31.8 Å². The molecule has 0 bridgehead atoms. The number of benzene rings is 1. The van der Waals surface area contributed by atoms with E-state index in [-0.39, 0.29) is 49.0 Å². The molecule has 0 saturated carbocycles. The molecule has 0 radical (unpaired) electrons. The Kier molecular flexibility index (Phi) is 5.42. The molecule has 4 amide bonds. The number of fused-ring (bicyclic) bond motifs is 2. The second-order valence-electron chi connectivity index (χ2n) is 7.80. The summed E-state index contributed by atoms with van der Waals surface area (Å²) in [6, 6.07) is 2.88. The average molecular weight is 418 g/mol. The number of halogens is 1. The predicted octanol–water partition coefficient (Wildman–Crippen LogP) is -0.729. The summed E-state index contributed by atoms with van der Waals surface area (Å²) in [6.45, 7) is 0.350. The van der Waals surface area contributed by atoms with Crippen LogP contribution in [-0.2, 0) is 19.1 Å². The van der Waals surface area contributed by atoms with Crippen molar-refractivity contribution < 1.29 is 28.3 Å². The fourth-order valence-corrected chi connectivity index (χ4v) is 4.55. The number of carbonyl (C=O) groups excluding carboxylic acids is 4. The van der Waals surface area contributed by atoms with Crippen LogP contribution in [0.1, 0.15) is 23.2 Å². The average Bonchev–Trinajstić information content (AvgIpc) is 3.29. The number of ether oxygens (including phenoxy) is 1. The van der Waals surface area contributed by atoms with Crippen molar-refractivity contribution in [3.8, 4) is 0 Å². The van der Waals surface area contributed by atoms with Gasteiger partial charge in [0.1, 0.15) is 24.5 Å². The summed E-state index contributed by atoms with van der Waals surface area (Å²) in [5.74, 6) is -1.94. The summed E-state index contributed by atoms with van der Waals surface area (Å²) in [4.78, 5) is 53.7. The molecule has 3 saturated heterocycles. The van der Waals surface area contributed by atoms with Crippen LogP contribution in [0.3, 0.4) is 0 Å². The molecule has 0 aromatic heterocycles. The summed E-state index contributed by atoms with van der Waals surface area (Å²) in [7, 11) is 1.41. The lowest BCUT2D eigenvalue weighted by Gasteiger charge is -2.29. The second-order valence-corrected chi connectivity index (χ2v) is 7.80. The molecule has 0 spiro atoms. The van der Waals surface area contributed by atoms with Crippen molar-refractivity contribution >= 4 is 23.6 Å². The molecule has 0 aliphatic carbocycles. The van der Waals surface area contributed by atoms with Gasteiger partial charge in [-0.25, -0.2) is 4.39 Å². The molecule has 3 heterocycles. The summed E-state index contributed by atoms with van der Waals surface area (Å²) < 4.78 is 18.4. The van der Waals surface area contributed by atoms with E-state index in [1.165, 1.54) is 35.1 Å². The van der Waals surface area contributed by atoms with E-state index >= 15 is 0 Å². The zero-order valence-corrected chi connectivity index (χ0v) is 16.5. The van der Waals surface area contributed by atoms with Crippen LogP contribution in [-0.4, -0.2) is 84.4 Å². The van der Waals surface area contributed by atoms with Gasteiger partial charge in [0.25, 0.3) is 5.91 Å². The smallest absolute Gasteiger partial charge is 0.254 e. The van der Waals surface area contributed by atoms with Gasteiger partial charge in [0.2, 0.25) is 17.7 Å². The van der Waals surface area contributed by atoms with Gasteiger partial charge in [-0.2, -0.15) is 0 Å².